The molecule has 1 aliphatic heterocycles. The highest BCUT2D eigenvalue weighted by molar-refractivity contribution is 7.89. The molecule has 3 heterocycles. The van der Waals surface area contributed by atoms with Crippen molar-refractivity contribution in [3.63, 3.8) is 0 Å². The predicted octanol–water partition coefficient (Wildman–Crippen LogP) is 3.87. The molecule has 0 unspecified atom stereocenters. The molecule has 3 aromatic rings. The van der Waals surface area contributed by atoms with E-state index in [-0.39, 0.29) is 10.8 Å². The largest absolute Gasteiger partial charge is 0.334 e. The van der Waals surface area contributed by atoms with Crippen LogP contribution in [0.5, 0.6) is 0 Å². The van der Waals surface area contributed by atoms with E-state index in [1.54, 1.807) is 12.1 Å². The van der Waals surface area contributed by atoms with Crippen LogP contribution in [0.2, 0.25) is 0 Å². The van der Waals surface area contributed by atoms with Crippen molar-refractivity contribution in [2.45, 2.75) is 17.7 Å². The Hall–Kier alpha value is -3.07. The zero-order valence-electron chi connectivity index (χ0n) is 17.2. The summed E-state index contributed by atoms with van der Waals surface area (Å²) in [5.74, 6) is 0.0861. The highest BCUT2D eigenvalue weighted by Gasteiger charge is 2.24. The van der Waals surface area contributed by atoms with Gasteiger partial charge in [0, 0.05) is 36.8 Å². The number of benzene rings is 1. The molecular weight excluding hydrogens is 442 g/mol. The number of thiophene rings is 1. The minimum absolute atomic E-state index is 0.0861. The number of sulfonamides is 1. The third kappa shape index (κ3) is 3.92. The lowest BCUT2D eigenvalue weighted by atomic mass is 9.94. The molecule has 0 saturated carbocycles. The van der Waals surface area contributed by atoms with Gasteiger partial charge < -0.3 is 4.90 Å². The highest BCUT2D eigenvalue weighted by Crippen LogP contribution is 2.37. The molecule has 1 amide bonds. The standard InChI is InChI=1S/C24H21N3O3S2/c25-32(29,30)19-5-3-16(4-6-19)18-14-21-20(7-8-22(21)26-15-18)17-9-11-27(12-10-17)24(28)23-2-1-13-31-23/h1-7,9,13-15H,8,10-12H2,(H2,25,29,30). The first kappa shape index (κ1) is 20.8. The van der Waals surface area contributed by atoms with Gasteiger partial charge in [0.25, 0.3) is 5.91 Å². The van der Waals surface area contributed by atoms with E-state index in [4.69, 9.17) is 5.14 Å². The summed E-state index contributed by atoms with van der Waals surface area (Å²) in [4.78, 5) is 20.0. The average Bonchev–Trinajstić information content (AvgIpc) is 3.48. The van der Waals surface area contributed by atoms with Crippen molar-refractivity contribution in [1.82, 2.24) is 9.88 Å². The molecule has 2 aliphatic rings. The lowest BCUT2D eigenvalue weighted by Gasteiger charge is -2.27. The number of carbonyl (C=O) groups is 1. The molecular formula is C24H21N3O3S2. The lowest BCUT2D eigenvalue weighted by molar-refractivity contribution is 0.0774. The van der Waals surface area contributed by atoms with Crippen molar-refractivity contribution in [3.05, 3.63) is 87.9 Å². The fraction of sp³-hybridized carbons (Fsp3) is 0.167. The van der Waals surface area contributed by atoms with E-state index in [9.17, 15) is 13.2 Å². The zero-order valence-corrected chi connectivity index (χ0v) is 18.8. The molecule has 1 aliphatic carbocycles. The van der Waals surface area contributed by atoms with Gasteiger partial charge in [-0.3, -0.25) is 9.78 Å². The Kier molecular flexibility index (Phi) is 5.28. The van der Waals surface area contributed by atoms with Crippen LogP contribution >= 0.6 is 11.3 Å². The Balaban J connectivity index is 1.38. The van der Waals surface area contributed by atoms with Crippen LogP contribution in [0.1, 0.15) is 27.3 Å². The molecule has 0 saturated heterocycles. The third-order valence-electron chi connectivity index (χ3n) is 5.85. The number of nitrogens with two attached hydrogens (primary N) is 1. The summed E-state index contributed by atoms with van der Waals surface area (Å²) < 4.78 is 23.0. The van der Waals surface area contributed by atoms with Crippen molar-refractivity contribution in [3.8, 4) is 11.1 Å². The fourth-order valence-corrected chi connectivity index (χ4v) is 5.36. The molecule has 32 heavy (non-hydrogen) atoms. The van der Waals surface area contributed by atoms with Crippen LogP contribution in [-0.2, 0) is 16.4 Å². The molecule has 0 bridgehead atoms. The average molecular weight is 464 g/mol. The van der Waals surface area contributed by atoms with Crippen LogP contribution in [0, 0.1) is 0 Å². The number of carbonyl (C=O) groups excluding carboxylic acids is 1. The van der Waals surface area contributed by atoms with Gasteiger partial charge in [0.2, 0.25) is 10.0 Å². The first-order chi connectivity index (χ1) is 15.4. The second-order valence-corrected chi connectivity index (χ2v) is 10.3. The van der Waals surface area contributed by atoms with E-state index < -0.39 is 10.0 Å². The number of primary sulfonamides is 1. The van der Waals surface area contributed by atoms with E-state index in [2.05, 4.69) is 23.2 Å². The molecule has 5 rings (SSSR count). The number of allylic oxidation sites excluding steroid dienone is 2. The molecule has 1 aromatic carbocycles. The maximum absolute atomic E-state index is 12.6. The maximum atomic E-state index is 12.6. The number of pyridine rings is 1. The molecule has 2 N–H and O–H groups in total. The molecule has 2 aromatic heterocycles. The van der Waals surface area contributed by atoms with Crippen LogP contribution in [0.3, 0.4) is 0 Å². The van der Waals surface area contributed by atoms with Crippen LogP contribution in [0.15, 0.2) is 76.7 Å². The highest BCUT2D eigenvalue weighted by atomic mass is 32.2. The van der Waals surface area contributed by atoms with Crippen molar-refractivity contribution in [2.24, 2.45) is 5.14 Å². The lowest BCUT2D eigenvalue weighted by Crippen LogP contribution is -2.34. The molecule has 0 atom stereocenters. The normalized spacial score (nSPS) is 15.8. The summed E-state index contributed by atoms with van der Waals surface area (Å²) in [5.41, 5.74) is 6.35. The van der Waals surface area contributed by atoms with Gasteiger partial charge in [0.15, 0.2) is 0 Å². The van der Waals surface area contributed by atoms with Gasteiger partial charge in [-0.05, 0) is 52.8 Å². The number of amides is 1. The number of hydrogen-bond donors (Lipinski definition) is 1. The summed E-state index contributed by atoms with van der Waals surface area (Å²) >= 11 is 1.47. The monoisotopic (exact) mass is 463 g/mol. The van der Waals surface area contributed by atoms with Crippen LogP contribution < -0.4 is 5.14 Å². The minimum atomic E-state index is -3.72. The topological polar surface area (TPSA) is 93.4 Å². The maximum Gasteiger partial charge on any atom is 0.264 e. The zero-order chi connectivity index (χ0) is 22.3. The van der Waals surface area contributed by atoms with Gasteiger partial charge in [-0.15, -0.1) is 11.3 Å². The number of nitrogens with zero attached hydrogens (tertiary/aromatic N) is 2. The number of fused-ring (bicyclic) bond motifs is 1. The number of aromatic nitrogens is 1. The van der Waals surface area contributed by atoms with E-state index >= 15 is 0 Å². The third-order valence-corrected chi connectivity index (χ3v) is 7.64. The Morgan fingerprint density at radius 3 is 2.56 bits per heavy atom. The molecule has 0 spiro atoms. The first-order valence-electron chi connectivity index (χ1n) is 10.2. The summed E-state index contributed by atoms with van der Waals surface area (Å²) in [6, 6.07) is 12.4. The van der Waals surface area contributed by atoms with E-state index in [0.717, 1.165) is 40.1 Å². The smallest absolute Gasteiger partial charge is 0.264 e. The molecule has 6 nitrogen and oxygen atoms in total. The summed E-state index contributed by atoms with van der Waals surface area (Å²) in [6.45, 7) is 1.29. The minimum Gasteiger partial charge on any atom is -0.334 e. The summed E-state index contributed by atoms with van der Waals surface area (Å²) in [7, 11) is -3.72. The molecule has 162 valence electrons. The Morgan fingerprint density at radius 1 is 1.09 bits per heavy atom. The fourth-order valence-electron chi connectivity index (χ4n) is 4.15. The summed E-state index contributed by atoms with van der Waals surface area (Å²) in [6.07, 6.45) is 7.75. The Labute approximate surface area is 190 Å². The van der Waals surface area contributed by atoms with Gasteiger partial charge in [-0.25, -0.2) is 13.6 Å². The van der Waals surface area contributed by atoms with Gasteiger partial charge in [-0.1, -0.05) is 30.4 Å². The second-order valence-electron chi connectivity index (χ2n) is 7.82. The number of rotatable bonds is 4. The van der Waals surface area contributed by atoms with E-state index in [1.165, 1.54) is 34.6 Å². The van der Waals surface area contributed by atoms with Gasteiger partial charge in [-0.2, -0.15) is 0 Å². The van der Waals surface area contributed by atoms with Gasteiger partial charge >= 0.3 is 0 Å². The van der Waals surface area contributed by atoms with Crippen LogP contribution in [-0.4, -0.2) is 37.3 Å². The van der Waals surface area contributed by atoms with E-state index in [0.29, 0.717) is 13.1 Å². The Morgan fingerprint density at radius 2 is 1.91 bits per heavy atom. The summed E-state index contributed by atoms with van der Waals surface area (Å²) in [5, 5.41) is 7.12. The molecule has 8 heteroatoms. The predicted molar refractivity (Wildman–Crippen MR) is 126 cm³/mol. The van der Waals surface area contributed by atoms with Gasteiger partial charge in [0.1, 0.15) is 0 Å². The second kappa shape index (κ2) is 8.12. The van der Waals surface area contributed by atoms with Crippen LogP contribution in [0.4, 0.5) is 0 Å². The quantitative estimate of drug-likeness (QED) is 0.636. The molecule has 0 fully saturated rings. The number of hydrogen-bond acceptors (Lipinski definition) is 5. The van der Waals surface area contributed by atoms with Crippen LogP contribution in [0.25, 0.3) is 16.7 Å². The first-order valence-corrected chi connectivity index (χ1v) is 12.7. The van der Waals surface area contributed by atoms with Crippen molar-refractivity contribution >= 4 is 32.8 Å². The van der Waals surface area contributed by atoms with Crippen molar-refractivity contribution in [1.29, 1.82) is 0 Å². The Bertz CT molecular complexity index is 1360. The SMILES string of the molecule is NS(=O)(=O)c1ccc(-c2cnc3c(c2)C(C2=CCN(C(=O)c4cccs4)CC2)=CC3)cc1. The van der Waals surface area contributed by atoms with E-state index in [1.807, 2.05) is 28.6 Å². The van der Waals surface area contributed by atoms with Crippen molar-refractivity contribution < 1.29 is 13.2 Å². The molecule has 0 radical (unpaired) electrons. The van der Waals surface area contributed by atoms with Gasteiger partial charge in [0.05, 0.1) is 15.5 Å². The van der Waals surface area contributed by atoms with Crippen molar-refractivity contribution in [2.75, 3.05) is 13.1 Å².